The van der Waals surface area contributed by atoms with Gasteiger partial charge in [-0.2, -0.15) is 5.10 Å². The van der Waals surface area contributed by atoms with E-state index in [0.29, 0.717) is 6.10 Å². The Morgan fingerprint density at radius 3 is 2.93 bits per heavy atom. The van der Waals surface area contributed by atoms with Crippen LogP contribution in [0.2, 0.25) is 0 Å². The van der Waals surface area contributed by atoms with E-state index in [9.17, 15) is 0 Å². The van der Waals surface area contributed by atoms with E-state index in [4.69, 9.17) is 4.84 Å². The fourth-order valence-corrected chi connectivity index (χ4v) is 1.61. The molecule has 5 nitrogen and oxygen atoms in total. The van der Waals surface area contributed by atoms with Crippen molar-refractivity contribution in [1.29, 1.82) is 0 Å². The maximum atomic E-state index is 5.34. The lowest BCUT2D eigenvalue weighted by atomic mass is 9.98. The SMILES string of the molecule is C(=NOC1CCCCC1)n1cncn1. The molecule has 1 aliphatic rings. The van der Waals surface area contributed by atoms with Gasteiger partial charge in [0.05, 0.1) is 0 Å². The van der Waals surface area contributed by atoms with Crippen LogP contribution in [0.15, 0.2) is 17.8 Å². The molecule has 1 fully saturated rings. The molecule has 0 N–H and O–H groups in total. The molecule has 1 saturated carbocycles. The van der Waals surface area contributed by atoms with Crippen LogP contribution in [-0.4, -0.2) is 27.2 Å². The summed E-state index contributed by atoms with van der Waals surface area (Å²) in [6.45, 7) is 0. The number of hydrogen-bond donors (Lipinski definition) is 0. The van der Waals surface area contributed by atoms with Crippen LogP contribution in [-0.2, 0) is 4.84 Å². The first-order valence-corrected chi connectivity index (χ1v) is 4.98. The molecule has 0 amide bonds. The third-order valence-corrected chi connectivity index (χ3v) is 2.36. The van der Waals surface area contributed by atoms with E-state index in [1.165, 1.54) is 36.6 Å². The summed E-state index contributed by atoms with van der Waals surface area (Å²) >= 11 is 0. The highest BCUT2D eigenvalue weighted by Gasteiger charge is 2.13. The van der Waals surface area contributed by atoms with E-state index in [0.717, 1.165) is 12.8 Å². The summed E-state index contributed by atoms with van der Waals surface area (Å²) in [6.07, 6.45) is 10.9. The quantitative estimate of drug-likeness (QED) is 0.415. The topological polar surface area (TPSA) is 52.3 Å². The Hall–Kier alpha value is -1.39. The van der Waals surface area contributed by atoms with Gasteiger partial charge in [-0.1, -0.05) is 11.6 Å². The summed E-state index contributed by atoms with van der Waals surface area (Å²) < 4.78 is 1.52. The minimum Gasteiger partial charge on any atom is -0.391 e. The predicted octanol–water partition coefficient (Wildman–Crippen LogP) is 1.42. The van der Waals surface area contributed by atoms with Crippen molar-refractivity contribution in [2.45, 2.75) is 38.2 Å². The summed E-state index contributed by atoms with van der Waals surface area (Å²) in [5, 5.41) is 7.75. The first kappa shape index (κ1) is 9.18. The second kappa shape index (κ2) is 4.74. The zero-order valence-electron chi connectivity index (χ0n) is 8.04. The standard InChI is InChI=1S/C9H14N4O/c1-2-4-9(5-3-1)14-12-8-13-7-10-6-11-13/h6-9H,1-5H2. The predicted molar refractivity (Wildman–Crippen MR) is 51.9 cm³/mol. The van der Waals surface area contributed by atoms with Gasteiger partial charge in [0, 0.05) is 0 Å². The molecule has 1 aliphatic carbocycles. The molecule has 0 aliphatic heterocycles. The Bertz CT molecular complexity index is 277. The number of aromatic nitrogens is 3. The van der Waals surface area contributed by atoms with Crippen LogP contribution < -0.4 is 0 Å². The molecule has 5 heteroatoms. The average molecular weight is 194 g/mol. The van der Waals surface area contributed by atoms with Gasteiger partial charge in [0.25, 0.3) is 0 Å². The minimum atomic E-state index is 0.295. The summed E-state index contributed by atoms with van der Waals surface area (Å²) in [5.74, 6) is 0. The minimum absolute atomic E-state index is 0.295. The number of hydrogen-bond acceptors (Lipinski definition) is 4. The van der Waals surface area contributed by atoms with Crippen molar-refractivity contribution < 1.29 is 4.84 Å². The fourth-order valence-electron chi connectivity index (χ4n) is 1.61. The van der Waals surface area contributed by atoms with Crippen molar-refractivity contribution in [3.05, 3.63) is 12.7 Å². The first-order valence-electron chi connectivity index (χ1n) is 4.98. The summed E-state index contributed by atoms with van der Waals surface area (Å²) in [5.41, 5.74) is 0. The van der Waals surface area contributed by atoms with Gasteiger partial charge in [-0.05, 0) is 25.7 Å². The van der Waals surface area contributed by atoms with Gasteiger partial charge in [0.15, 0.2) is 6.34 Å². The van der Waals surface area contributed by atoms with Crippen molar-refractivity contribution >= 4 is 6.34 Å². The fraction of sp³-hybridized carbons (Fsp3) is 0.667. The molecule has 2 rings (SSSR count). The van der Waals surface area contributed by atoms with Crippen LogP contribution in [0, 0.1) is 0 Å². The second-order valence-electron chi connectivity index (χ2n) is 3.46. The lowest BCUT2D eigenvalue weighted by Crippen LogP contribution is -2.14. The molecule has 0 saturated heterocycles. The molecule has 76 valence electrons. The molecule has 1 aromatic rings. The van der Waals surface area contributed by atoms with E-state index in [2.05, 4.69) is 15.2 Å². The van der Waals surface area contributed by atoms with Crippen LogP contribution in [0.1, 0.15) is 32.1 Å². The van der Waals surface area contributed by atoms with Crippen LogP contribution in [0.3, 0.4) is 0 Å². The Labute approximate surface area is 82.8 Å². The van der Waals surface area contributed by atoms with Crippen LogP contribution in [0.4, 0.5) is 0 Å². The molecular weight excluding hydrogens is 180 g/mol. The molecule has 0 bridgehead atoms. The Kier molecular flexibility index (Phi) is 3.10. The van der Waals surface area contributed by atoms with Crippen molar-refractivity contribution in [1.82, 2.24) is 14.8 Å². The van der Waals surface area contributed by atoms with E-state index in [-0.39, 0.29) is 0 Å². The van der Waals surface area contributed by atoms with E-state index >= 15 is 0 Å². The summed E-state index contributed by atoms with van der Waals surface area (Å²) in [4.78, 5) is 9.13. The Morgan fingerprint density at radius 2 is 2.21 bits per heavy atom. The summed E-state index contributed by atoms with van der Waals surface area (Å²) in [7, 11) is 0. The van der Waals surface area contributed by atoms with Crippen LogP contribution in [0.25, 0.3) is 0 Å². The molecule has 0 atom stereocenters. The third-order valence-electron chi connectivity index (χ3n) is 2.36. The van der Waals surface area contributed by atoms with E-state index in [1.54, 1.807) is 6.33 Å². The Morgan fingerprint density at radius 1 is 1.36 bits per heavy atom. The molecule has 14 heavy (non-hydrogen) atoms. The number of nitrogens with zero attached hydrogens (tertiary/aromatic N) is 4. The summed E-state index contributed by atoms with van der Waals surface area (Å²) in [6, 6.07) is 0. The third kappa shape index (κ3) is 2.55. The number of rotatable bonds is 3. The second-order valence-corrected chi connectivity index (χ2v) is 3.46. The zero-order chi connectivity index (χ0) is 9.64. The van der Waals surface area contributed by atoms with Gasteiger partial charge in [-0.25, -0.2) is 9.67 Å². The highest BCUT2D eigenvalue weighted by Crippen LogP contribution is 2.20. The largest absolute Gasteiger partial charge is 0.391 e. The maximum absolute atomic E-state index is 5.34. The van der Waals surface area contributed by atoms with Gasteiger partial charge in [-0.15, -0.1) is 0 Å². The molecule has 1 heterocycles. The van der Waals surface area contributed by atoms with Gasteiger partial charge in [0.1, 0.15) is 18.8 Å². The van der Waals surface area contributed by atoms with Crippen LogP contribution >= 0.6 is 0 Å². The lowest BCUT2D eigenvalue weighted by molar-refractivity contribution is 0.0333. The van der Waals surface area contributed by atoms with Crippen molar-refractivity contribution in [3.63, 3.8) is 0 Å². The molecule has 1 aromatic heterocycles. The van der Waals surface area contributed by atoms with E-state index < -0.39 is 0 Å². The maximum Gasteiger partial charge on any atom is 0.158 e. The Balaban J connectivity index is 1.76. The lowest BCUT2D eigenvalue weighted by Gasteiger charge is -2.18. The molecule has 0 radical (unpaired) electrons. The molecule has 0 unspecified atom stereocenters. The van der Waals surface area contributed by atoms with Crippen LogP contribution in [0.5, 0.6) is 0 Å². The smallest absolute Gasteiger partial charge is 0.158 e. The van der Waals surface area contributed by atoms with E-state index in [1.807, 2.05) is 0 Å². The highest BCUT2D eigenvalue weighted by molar-refractivity contribution is 5.54. The normalized spacial score (nSPS) is 18.9. The van der Waals surface area contributed by atoms with Crippen molar-refractivity contribution in [2.75, 3.05) is 0 Å². The van der Waals surface area contributed by atoms with Gasteiger partial charge < -0.3 is 4.84 Å². The van der Waals surface area contributed by atoms with Crippen molar-refractivity contribution in [2.24, 2.45) is 5.16 Å². The molecule has 0 spiro atoms. The monoisotopic (exact) mass is 194 g/mol. The first-order chi connectivity index (χ1) is 6.95. The van der Waals surface area contributed by atoms with Gasteiger partial charge >= 0.3 is 0 Å². The van der Waals surface area contributed by atoms with Gasteiger partial charge in [0.2, 0.25) is 0 Å². The molecular formula is C9H14N4O. The highest BCUT2D eigenvalue weighted by atomic mass is 16.6. The number of oxime groups is 1. The van der Waals surface area contributed by atoms with Crippen molar-refractivity contribution in [3.8, 4) is 0 Å². The molecule has 0 aromatic carbocycles. The zero-order valence-corrected chi connectivity index (χ0v) is 8.04. The average Bonchev–Trinajstić information content (AvgIpc) is 2.72. The van der Waals surface area contributed by atoms with Gasteiger partial charge in [-0.3, -0.25) is 0 Å².